The molecule has 3 N–H and O–H groups in total. The maximum atomic E-state index is 13.5. The third-order valence-corrected chi connectivity index (χ3v) is 3.47. The second-order valence-electron chi connectivity index (χ2n) is 4.26. The molecule has 3 nitrogen and oxygen atoms in total. The van der Waals surface area contributed by atoms with Gasteiger partial charge in [-0.05, 0) is 53.2 Å². The van der Waals surface area contributed by atoms with Gasteiger partial charge in [0.2, 0.25) is 0 Å². The van der Waals surface area contributed by atoms with Gasteiger partial charge in [0.25, 0.3) is 5.91 Å². The van der Waals surface area contributed by atoms with Crippen molar-refractivity contribution in [2.75, 3.05) is 11.1 Å². The number of carbonyl (C=O) groups is 1. The van der Waals surface area contributed by atoms with Gasteiger partial charge in [0.05, 0.1) is 4.47 Å². The van der Waals surface area contributed by atoms with Crippen LogP contribution < -0.4 is 11.1 Å². The lowest BCUT2D eigenvalue weighted by Crippen LogP contribution is -2.13. The van der Waals surface area contributed by atoms with E-state index in [4.69, 9.17) is 5.73 Å². The van der Waals surface area contributed by atoms with E-state index in [-0.39, 0.29) is 22.5 Å². The lowest BCUT2D eigenvalue weighted by Gasteiger charge is -2.08. The van der Waals surface area contributed by atoms with E-state index in [1.165, 1.54) is 25.1 Å². The molecule has 0 bridgehead atoms. The smallest absolute Gasteiger partial charge is 0.255 e. The van der Waals surface area contributed by atoms with Crippen LogP contribution in [0.15, 0.2) is 34.8 Å². The van der Waals surface area contributed by atoms with Crippen LogP contribution in [0.4, 0.5) is 20.2 Å². The largest absolute Gasteiger partial charge is 0.398 e. The van der Waals surface area contributed by atoms with Gasteiger partial charge in [-0.3, -0.25) is 4.79 Å². The van der Waals surface area contributed by atoms with Crippen LogP contribution in [0, 0.1) is 18.6 Å². The van der Waals surface area contributed by atoms with Crippen LogP contribution in [0.2, 0.25) is 0 Å². The van der Waals surface area contributed by atoms with Crippen molar-refractivity contribution in [3.8, 4) is 0 Å². The summed E-state index contributed by atoms with van der Waals surface area (Å²) in [6, 6.07) is 6.63. The van der Waals surface area contributed by atoms with Crippen LogP contribution in [0.3, 0.4) is 0 Å². The Labute approximate surface area is 122 Å². The Morgan fingerprint density at radius 2 is 1.90 bits per heavy atom. The molecule has 0 unspecified atom stereocenters. The maximum absolute atomic E-state index is 13.5. The van der Waals surface area contributed by atoms with Crippen LogP contribution in [0.1, 0.15) is 15.9 Å². The van der Waals surface area contributed by atoms with Crippen LogP contribution in [-0.4, -0.2) is 5.91 Å². The van der Waals surface area contributed by atoms with Gasteiger partial charge in [0, 0.05) is 22.5 Å². The molecule has 0 radical (unpaired) electrons. The number of carbonyl (C=O) groups excluding carboxylic acids is 1. The Kier molecular flexibility index (Phi) is 4.04. The molecule has 2 aromatic rings. The topological polar surface area (TPSA) is 55.1 Å². The molecule has 0 fully saturated rings. The quantitative estimate of drug-likeness (QED) is 0.815. The van der Waals surface area contributed by atoms with E-state index in [0.717, 1.165) is 12.1 Å². The van der Waals surface area contributed by atoms with Crippen molar-refractivity contribution in [1.82, 2.24) is 0 Å². The summed E-state index contributed by atoms with van der Waals surface area (Å²) in [6.45, 7) is 1.52. The molecule has 0 aliphatic rings. The van der Waals surface area contributed by atoms with E-state index >= 15 is 0 Å². The molecule has 0 spiro atoms. The molecule has 0 aliphatic carbocycles. The molecular formula is C14H11BrF2N2O. The molecule has 0 aromatic heterocycles. The number of nitrogens with one attached hydrogen (secondary N) is 1. The minimum Gasteiger partial charge on any atom is -0.398 e. The van der Waals surface area contributed by atoms with Gasteiger partial charge in [-0.25, -0.2) is 8.78 Å². The first-order chi connectivity index (χ1) is 9.38. The molecule has 6 heteroatoms. The van der Waals surface area contributed by atoms with E-state index < -0.39 is 17.5 Å². The van der Waals surface area contributed by atoms with E-state index in [2.05, 4.69) is 21.2 Å². The first-order valence-electron chi connectivity index (χ1n) is 5.70. The molecule has 0 atom stereocenters. The number of nitrogens with two attached hydrogens (primary N) is 1. The van der Waals surface area contributed by atoms with Gasteiger partial charge >= 0.3 is 0 Å². The first-order valence-corrected chi connectivity index (χ1v) is 6.50. The van der Waals surface area contributed by atoms with Crippen molar-refractivity contribution in [3.05, 3.63) is 57.6 Å². The molecule has 104 valence electrons. The number of nitrogen functional groups attached to an aromatic ring is 1. The van der Waals surface area contributed by atoms with Crippen LogP contribution >= 0.6 is 15.9 Å². The molecule has 2 aromatic carbocycles. The zero-order valence-electron chi connectivity index (χ0n) is 10.5. The first kappa shape index (κ1) is 14.5. The van der Waals surface area contributed by atoms with Gasteiger partial charge in [0.1, 0.15) is 11.6 Å². The monoisotopic (exact) mass is 340 g/mol. The molecule has 0 heterocycles. The fraction of sp³-hybridized carbons (Fsp3) is 0.0714. The predicted octanol–water partition coefficient (Wildman–Crippen LogP) is 3.87. The summed E-state index contributed by atoms with van der Waals surface area (Å²) in [5.41, 5.74) is 6.44. The lowest BCUT2D eigenvalue weighted by molar-refractivity contribution is 0.102. The fourth-order valence-corrected chi connectivity index (χ4v) is 1.85. The lowest BCUT2D eigenvalue weighted by atomic mass is 10.1. The van der Waals surface area contributed by atoms with Gasteiger partial charge in [-0.2, -0.15) is 0 Å². The highest BCUT2D eigenvalue weighted by Gasteiger charge is 2.12. The van der Waals surface area contributed by atoms with E-state index in [0.29, 0.717) is 4.47 Å². The van der Waals surface area contributed by atoms with Gasteiger partial charge < -0.3 is 11.1 Å². The average Bonchev–Trinajstić information content (AvgIpc) is 2.39. The zero-order chi connectivity index (χ0) is 14.9. The summed E-state index contributed by atoms with van der Waals surface area (Å²) in [5.74, 6) is -1.62. The molecule has 0 saturated carbocycles. The van der Waals surface area contributed by atoms with Gasteiger partial charge in [-0.15, -0.1) is 0 Å². The Hall–Kier alpha value is -1.95. The Morgan fingerprint density at radius 1 is 1.20 bits per heavy atom. The predicted molar refractivity (Wildman–Crippen MR) is 77.6 cm³/mol. The zero-order valence-corrected chi connectivity index (χ0v) is 12.1. The molecule has 0 aliphatic heterocycles. The highest BCUT2D eigenvalue weighted by Crippen LogP contribution is 2.21. The molecule has 2 rings (SSSR count). The van der Waals surface area contributed by atoms with Crippen molar-refractivity contribution in [1.29, 1.82) is 0 Å². The number of hydrogen-bond acceptors (Lipinski definition) is 2. The number of anilines is 2. The number of hydrogen-bond donors (Lipinski definition) is 2. The average molecular weight is 341 g/mol. The number of benzene rings is 2. The van der Waals surface area contributed by atoms with Gasteiger partial charge in [-0.1, -0.05) is 0 Å². The summed E-state index contributed by atoms with van der Waals surface area (Å²) < 4.78 is 27.2. The van der Waals surface area contributed by atoms with Crippen LogP contribution in [0.25, 0.3) is 0 Å². The highest BCUT2D eigenvalue weighted by atomic mass is 79.9. The summed E-state index contributed by atoms with van der Waals surface area (Å²) >= 11 is 3.01. The molecule has 20 heavy (non-hydrogen) atoms. The van der Waals surface area contributed by atoms with Crippen LogP contribution in [0.5, 0.6) is 0 Å². The Balaban J connectivity index is 2.26. The second-order valence-corrected chi connectivity index (χ2v) is 5.11. The summed E-state index contributed by atoms with van der Waals surface area (Å²) in [6.07, 6.45) is 0. The Bertz CT molecular complexity index is 666. The van der Waals surface area contributed by atoms with E-state index in [9.17, 15) is 13.6 Å². The van der Waals surface area contributed by atoms with Crippen molar-refractivity contribution in [2.45, 2.75) is 6.92 Å². The van der Waals surface area contributed by atoms with Crippen molar-refractivity contribution >= 4 is 33.2 Å². The van der Waals surface area contributed by atoms with Crippen molar-refractivity contribution < 1.29 is 13.6 Å². The standard InChI is InChI=1S/C14H11BrF2N2O/c1-7-11(16)4-8(5-13(7)18)14(20)19-9-2-3-10(15)12(17)6-9/h2-6H,18H2,1H3,(H,19,20). The third kappa shape index (κ3) is 2.96. The molecular weight excluding hydrogens is 330 g/mol. The van der Waals surface area contributed by atoms with E-state index in [1.54, 1.807) is 0 Å². The number of rotatable bonds is 2. The maximum Gasteiger partial charge on any atom is 0.255 e. The SMILES string of the molecule is Cc1c(N)cc(C(=O)Nc2ccc(Br)c(F)c2)cc1F. The Morgan fingerprint density at radius 3 is 2.50 bits per heavy atom. The summed E-state index contributed by atoms with van der Waals surface area (Å²) in [4.78, 5) is 12.0. The van der Waals surface area contributed by atoms with Crippen molar-refractivity contribution in [3.63, 3.8) is 0 Å². The number of amides is 1. The van der Waals surface area contributed by atoms with E-state index in [1.807, 2.05) is 0 Å². The summed E-state index contributed by atoms with van der Waals surface area (Å²) in [7, 11) is 0. The normalized spacial score (nSPS) is 10.4. The molecule has 0 saturated heterocycles. The van der Waals surface area contributed by atoms with Crippen LogP contribution in [-0.2, 0) is 0 Å². The second kappa shape index (κ2) is 5.58. The molecule has 1 amide bonds. The third-order valence-electron chi connectivity index (χ3n) is 2.82. The summed E-state index contributed by atoms with van der Waals surface area (Å²) in [5, 5.41) is 2.48. The minimum absolute atomic E-state index is 0.0777. The number of halogens is 3. The fourth-order valence-electron chi connectivity index (χ4n) is 1.61. The minimum atomic E-state index is -0.558. The van der Waals surface area contributed by atoms with Gasteiger partial charge in [0.15, 0.2) is 0 Å². The van der Waals surface area contributed by atoms with Crippen molar-refractivity contribution in [2.24, 2.45) is 0 Å². The highest BCUT2D eigenvalue weighted by molar-refractivity contribution is 9.10.